The molecule has 1 amide bonds. The minimum absolute atomic E-state index is 0.101. The molecule has 2 aromatic rings. The summed E-state index contributed by atoms with van der Waals surface area (Å²) in [5.41, 5.74) is 0.437. The van der Waals surface area contributed by atoms with Crippen molar-refractivity contribution in [2.24, 2.45) is 0 Å². The number of rotatable bonds is 6. The SMILES string of the molecule is COC(=O)c1cc(NC(=O)COc2ccc(Cl)cc2)cc(C(=O)OC)c1. The van der Waals surface area contributed by atoms with Gasteiger partial charge in [0, 0.05) is 10.7 Å². The average molecular weight is 378 g/mol. The molecule has 0 unspecified atom stereocenters. The lowest BCUT2D eigenvalue weighted by atomic mass is 10.1. The fourth-order valence-electron chi connectivity index (χ4n) is 2.05. The van der Waals surface area contributed by atoms with E-state index in [9.17, 15) is 14.4 Å². The minimum atomic E-state index is -0.649. The minimum Gasteiger partial charge on any atom is -0.484 e. The van der Waals surface area contributed by atoms with Gasteiger partial charge in [-0.1, -0.05) is 11.6 Å². The lowest BCUT2D eigenvalue weighted by Crippen LogP contribution is -2.21. The standard InChI is InChI=1S/C18H16ClNO6/c1-24-17(22)11-7-12(18(23)25-2)9-14(8-11)20-16(21)10-26-15-5-3-13(19)4-6-15/h3-9H,10H2,1-2H3,(H,20,21). The van der Waals surface area contributed by atoms with Crippen molar-refractivity contribution >= 4 is 35.1 Å². The van der Waals surface area contributed by atoms with Gasteiger partial charge in [-0.3, -0.25) is 4.79 Å². The largest absolute Gasteiger partial charge is 0.484 e. The molecule has 0 aliphatic rings. The van der Waals surface area contributed by atoms with E-state index >= 15 is 0 Å². The van der Waals surface area contributed by atoms with Crippen molar-refractivity contribution in [1.82, 2.24) is 0 Å². The van der Waals surface area contributed by atoms with E-state index in [4.69, 9.17) is 16.3 Å². The summed E-state index contributed by atoms with van der Waals surface area (Å²) in [6.07, 6.45) is 0. The van der Waals surface area contributed by atoms with Crippen LogP contribution in [-0.2, 0) is 14.3 Å². The molecule has 7 nitrogen and oxygen atoms in total. The van der Waals surface area contributed by atoms with Gasteiger partial charge in [-0.2, -0.15) is 0 Å². The van der Waals surface area contributed by atoms with Gasteiger partial charge < -0.3 is 19.5 Å². The molecule has 1 N–H and O–H groups in total. The molecule has 2 aromatic carbocycles. The van der Waals surface area contributed by atoms with Gasteiger partial charge in [0.2, 0.25) is 0 Å². The number of nitrogens with one attached hydrogen (secondary N) is 1. The molecule has 26 heavy (non-hydrogen) atoms. The third-order valence-corrected chi connectivity index (χ3v) is 3.49. The smallest absolute Gasteiger partial charge is 0.337 e. The summed E-state index contributed by atoms with van der Waals surface area (Å²) in [6, 6.07) is 10.6. The molecule has 0 heterocycles. The fraction of sp³-hybridized carbons (Fsp3) is 0.167. The second kappa shape index (κ2) is 8.87. The van der Waals surface area contributed by atoms with Gasteiger partial charge in [0.15, 0.2) is 6.61 Å². The van der Waals surface area contributed by atoms with Crippen LogP contribution in [0.4, 0.5) is 5.69 Å². The van der Waals surface area contributed by atoms with Crippen molar-refractivity contribution in [2.75, 3.05) is 26.1 Å². The molecule has 0 aromatic heterocycles. The van der Waals surface area contributed by atoms with E-state index in [-0.39, 0.29) is 23.4 Å². The first-order valence-electron chi connectivity index (χ1n) is 7.43. The van der Waals surface area contributed by atoms with Crippen LogP contribution in [0.15, 0.2) is 42.5 Å². The Morgan fingerprint density at radius 3 is 1.96 bits per heavy atom. The third-order valence-electron chi connectivity index (χ3n) is 3.24. The Balaban J connectivity index is 2.11. The highest BCUT2D eigenvalue weighted by atomic mass is 35.5. The maximum absolute atomic E-state index is 12.1. The first-order valence-corrected chi connectivity index (χ1v) is 7.80. The maximum Gasteiger partial charge on any atom is 0.337 e. The van der Waals surface area contributed by atoms with Crippen LogP contribution in [0.3, 0.4) is 0 Å². The number of benzene rings is 2. The number of hydrogen-bond donors (Lipinski definition) is 1. The lowest BCUT2D eigenvalue weighted by molar-refractivity contribution is -0.118. The van der Waals surface area contributed by atoms with Crippen LogP contribution in [0.5, 0.6) is 5.75 Å². The fourth-order valence-corrected chi connectivity index (χ4v) is 2.17. The normalized spacial score (nSPS) is 9.96. The topological polar surface area (TPSA) is 90.9 Å². The second-order valence-corrected chi connectivity index (χ2v) is 5.51. The monoisotopic (exact) mass is 377 g/mol. The predicted molar refractivity (Wildman–Crippen MR) is 94.7 cm³/mol. The number of carbonyl (C=O) groups is 3. The molecule has 136 valence electrons. The molecule has 0 saturated heterocycles. The van der Waals surface area contributed by atoms with E-state index in [1.165, 1.54) is 32.4 Å². The van der Waals surface area contributed by atoms with Crippen LogP contribution in [0, 0.1) is 0 Å². The van der Waals surface area contributed by atoms with Gasteiger partial charge in [-0.25, -0.2) is 9.59 Å². The van der Waals surface area contributed by atoms with E-state index in [0.717, 1.165) is 0 Å². The zero-order valence-electron chi connectivity index (χ0n) is 14.1. The number of hydrogen-bond acceptors (Lipinski definition) is 6. The Labute approximate surface area is 154 Å². The Morgan fingerprint density at radius 2 is 1.46 bits per heavy atom. The summed E-state index contributed by atoms with van der Waals surface area (Å²) in [4.78, 5) is 35.5. The van der Waals surface area contributed by atoms with E-state index in [1.54, 1.807) is 24.3 Å². The van der Waals surface area contributed by atoms with Crippen molar-refractivity contribution in [3.8, 4) is 5.75 Å². The summed E-state index contributed by atoms with van der Waals surface area (Å²) in [5.74, 6) is -1.30. The van der Waals surface area contributed by atoms with Crippen molar-refractivity contribution in [3.63, 3.8) is 0 Å². The van der Waals surface area contributed by atoms with E-state index in [2.05, 4.69) is 14.8 Å². The van der Waals surface area contributed by atoms with Gasteiger partial charge in [0.05, 0.1) is 25.3 Å². The molecule has 0 spiro atoms. The molecule has 2 rings (SSSR count). The summed E-state index contributed by atoms with van der Waals surface area (Å²) < 4.78 is 14.6. The first kappa shape index (κ1) is 19.3. The molecule has 0 atom stereocenters. The van der Waals surface area contributed by atoms with Gasteiger partial charge in [0.25, 0.3) is 5.91 Å². The third kappa shape index (κ3) is 5.22. The lowest BCUT2D eigenvalue weighted by Gasteiger charge is -2.10. The van der Waals surface area contributed by atoms with Crippen molar-refractivity contribution < 1.29 is 28.6 Å². The number of halogens is 1. The van der Waals surface area contributed by atoms with Crippen LogP contribution in [0.25, 0.3) is 0 Å². The number of carbonyl (C=O) groups excluding carboxylic acids is 3. The van der Waals surface area contributed by atoms with Crippen LogP contribution in [0.2, 0.25) is 5.02 Å². The summed E-state index contributed by atoms with van der Waals surface area (Å²) in [6.45, 7) is -0.266. The van der Waals surface area contributed by atoms with Crippen LogP contribution < -0.4 is 10.1 Å². The van der Waals surface area contributed by atoms with E-state index < -0.39 is 17.8 Å². The molecular formula is C18H16ClNO6. The van der Waals surface area contributed by atoms with Gasteiger partial charge in [-0.15, -0.1) is 0 Å². The van der Waals surface area contributed by atoms with E-state index in [0.29, 0.717) is 10.8 Å². The Bertz CT molecular complexity index is 785. The predicted octanol–water partition coefficient (Wildman–Crippen LogP) is 2.93. The summed E-state index contributed by atoms with van der Waals surface area (Å²) in [7, 11) is 2.43. The molecule has 0 saturated carbocycles. The number of amides is 1. The van der Waals surface area contributed by atoms with E-state index in [1.807, 2.05) is 0 Å². The highest BCUT2D eigenvalue weighted by Gasteiger charge is 2.15. The number of anilines is 1. The van der Waals surface area contributed by atoms with Crippen molar-refractivity contribution in [2.45, 2.75) is 0 Å². The van der Waals surface area contributed by atoms with Gasteiger partial charge in [-0.05, 0) is 42.5 Å². The zero-order valence-corrected chi connectivity index (χ0v) is 14.8. The second-order valence-electron chi connectivity index (χ2n) is 5.07. The summed E-state index contributed by atoms with van der Waals surface area (Å²) >= 11 is 5.78. The van der Waals surface area contributed by atoms with Gasteiger partial charge in [0.1, 0.15) is 5.75 Å². The molecule has 0 aliphatic carbocycles. The van der Waals surface area contributed by atoms with Crippen LogP contribution in [0.1, 0.15) is 20.7 Å². The number of ether oxygens (including phenoxy) is 3. The first-order chi connectivity index (χ1) is 12.4. The average Bonchev–Trinajstić information content (AvgIpc) is 2.65. The van der Waals surface area contributed by atoms with Crippen LogP contribution in [-0.4, -0.2) is 38.7 Å². The quantitative estimate of drug-likeness (QED) is 0.778. The number of methoxy groups -OCH3 is 2. The number of esters is 2. The van der Waals surface area contributed by atoms with Crippen molar-refractivity contribution in [3.05, 3.63) is 58.6 Å². The molecular weight excluding hydrogens is 362 g/mol. The Kier molecular flexibility index (Phi) is 6.57. The molecule has 8 heteroatoms. The Morgan fingerprint density at radius 1 is 0.923 bits per heavy atom. The molecule has 0 bridgehead atoms. The zero-order chi connectivity index (χ0) is 19.1. The molecule has 0 radical (unpaired) electrons. The summed E-state index contributed by atoms with van der Waals surface area (Å²) in [5, 5.41) is 3.11. The van der Waals surface area contributed by atoms with Crippen molar-refractivity contribution in [1.29, 1.82) is 0 Å². The highest BCUT2D eigenvalue weighted by Crippen LogP contribution is 2.18. The molecule has 0 fully saturated rings. The van der Waals surface area contributed by atoms with Crippen LogP contribution >= 0.6 is 11.6 Å². The Hall–Kier alpha value is -3.06. The maximum atomic E-state index is 12.1. The highest BCUT2D eigenvalue weighted by molar-refractivity contribution is 6.30. The molecule has 0 aliphatic heterocycles. The van der Waals surface area contributed by atoms with Gasteiger partial charge >= 0.3 is 11.9 Å².